The maximum Gasteiger partial charge on any atom is 0.142 e. The van der Waals surface area contributed by atoms with Crippen LogP contribution in [0.4, 0.5) is 5.69 Å². The SMILES string of the molecule is Cc1ccc(OCc2cncc(Br)c2)c(N)c1. The van der Waals surface area contributed by atoms with Crippen molar-refractivity contribution in [2.45, 2.75) is 13.5 Å². The third kappa shape index (κ3) is 3.20. The number of benzene rings is 1. The number of hydrogen-bond acceptors (Lipinski definition) is 3. The molecule has 17 heavy (non-hydrogen) atoms. The number of nitrogens with zero attached hydrogens (tertiary/aromatic N) is 1. The van der Waals surface area contributed by atoms with Crippen LogP contribution in [-0.4, -0.2) is 4.98 Å². The van der Waals surface area contributed by atoms with Crippen molar-refractivity contribution in [3.63, 3.8) is 0 Å². The summed E-state index contributed by atoms with van der Waals surface area (Å²) in [5, 5.41) is 0. The Kier molecular flexibility index (Phi) is 3.64. The van der Waals surface area contributed by atoms with E-state index in [-0.39, 0.29) is 0 Å². The zero-order chi connectivity index (χ0) is 12.3. The number of ether oxygens (including phenoxy) is 1. The number of pyridine rings is 1. The Morgan fingerprint density at radius 2 is 2.12 bits per heavy atom. The first kappa shape index (κ1) is 11.9. The highest BCUT2D eigenvalue weighted by molar-refractivity contribution is 9.10. The Morgan fingerprint density at radius 1 is 1.29 bits per heavy atom. The lowest BCUT2D eigenvalue weighted by molar-refractivity contribution is 0.307. The molecule has 0 aliphatic heterocycles. The van der Waals surface area contributed by atoms with Crippen LogP contribution < -0.4 is 10.5 Å². The lowest BCUT2D eigenvalue weighted by Gasteiger charge is -2.09. The summed E-state index contributed by atoms with van der Waals surface area (Å²) in [6, 6.07) is 7.73. The minimum Gasteiger partial charge on any atom is -0.487 e. The number of aromatic nitrogens is 1. The molecule has 0 fully saturated rings. The van der Waals surface area contributed by atoms with E-state index in [9.17, 15) is 0 Å². The summed E-state index contributed by atoms with van der Waals surface area (Å²) in [4.78, 5) is 4.07. The van der Waals surface area contributed by atoms with Crippen LogP contribution in [0.2, 0.25) is 0 Å². The van der Waals surface area contributed by atoms with Gasteiger partial charge in [0.15, 0.2) is 0 Å². The summed E-state index contributed by atoms with van der Waals surface area (Å²) in [5.41, 5.74) is 8.65. The minimum atomic E-state index is 0.458. The lowest BCUT2D eigenvalue weighted by atomic mass is 10.2. The third-order valence-electron chi connectivity index (χ3n) is 2.32. The van der Waals surface area contributed by atoms with E-state index in [2.05, 4.69) is 20.9 Å². The van der Waals surface area contributed by atoms with Crippen LogP contribution in [-0.2, 0) is 6.61 Å². The van der Waals surface area contributed by atoms with Crippen molar-refractivity contribution in [2.75, 3.05) is 5.73 Å². The van der Waals surface area contributed by atoms with E-state index < -0.39 is 0 Å². The molecule has 4 heteroatoms. The molecule has 1 aromatic heterocycles. The molecule has 0 unspecified atom stereocenters. The molecule has 0 aliphatic rings. The van der Waals surface area contributed by atoms with Gasteiger partial charge in [-0.15, -0.1) is 0 Å². The predicted molar refractivity (Wildman–Crippen MR) is 71.9 cm³/mol. The van der Waals surface area contributed by atoms with Gasteiger partial charge in [-0.25, -0.2) is 0 Å². The molecule has 0 aliphatic carbocycles. The Bertz CT molecular complexity index is 529. The van der Waals surface area contributed by atoms with Crippen molar-refractivity contribution in [1.82, 2.24) is 4.98 Å². The molecule has 0 atom stereocenters. The predicted octanol–water partition coefficient (Wildman–Crippen LogP) is 3.31. The molecule has 2 aromatic rings. The van der Waals surface area contributed by atoms with Gasteiger partial charge in [0.25, 0.3) is 0 Å². The largest absolute Gasteiger partial charge is 0.487 e. The molecular formula is C13H13BrN2O. The first-order valence-corrected chi connectivity index (χ1v) is 6.03. The number of nitrogen functional groups attached to an aromatic ring is 1. The average molecular weight is 293 g/mol. The summed E-state index contributed by atoms with van der Waals surface area (Å²) in [6.45, 7) is 2.46. The maximum absolute atomic E-state index is 5.87. The molecule has 1 aromatic carbocycles. The van der Waals surface area contributed by atoms with Crippen LogP contribution in [0.25, 0.3) is 0 Å². The summed E-state index contributed by atoms with van der Waals surface area (Å²) in [7, 11) is 0. The number of aryl methyl sites for hydroxylation is 1. The molecule has 0 saturated heterocycles. The topological polar surface area (TPSA) is 48.1 Å². The highest BCUT2D eigenvalue weighted by Crippen LogP contribution is 2.23. The molecule has 3 nitrogen and oxygen atoms in total. The van der Waals surface area contributed by atoms with Crippen molar-refractivity contribution >= 4 is 21.6 Å². The molecule has 2 rings (SSSR count). The second-order valence-corrected chi connectivity index (χ2v) is 4.76. The maximum atomic E-state index is 5.87. The zero-order valence-electron chi connectivity index (χ0n) is 9.48. The van der Waals surface area contributed by atoms with Crippen molar-refractivity contribution in [2.24, 2.45) is 0 Å². The Labute approximate surface area is 109 Å². The van der Waals surface area contributed by atoms with E-state index in [1.807, 2.05) is 31.2 Å². The van der Waals surface area contributed by atoms with E-state index in [1.165, 1.54) is 0 Å². The van der Waals surface area contributed by atoms with Crippen LogP contribution in [0.3, 0.4) is 0 Å². The fourth-order valence-electron chi connectivity index (χ4n) is 1.50. The summed E-state index contributed by atoms with van der Waals surface area (Å²) < 4.78 is 6.59. The fraction of sp³-hybridized carbons (Fsp3) is 0.154. The van der Waals surface area contributed by atoms with Crippen molar-refractivity contribution < 1.29 is 4.74 Å². The van der Waals surface area contributed by atoms with Crippen molar-refractivity contribution in [1.29, 1.82) is 0 Å². The molecule has 0 radical (unpaired) electrons. The van der Waals surface area contributed by atoms with Crippen LogP contribution in [0.15, 0.2) is 41.1 Å². The van der Waals surface area contributed by atoms with E-state index in [0.29, 0.717) is 18.0 Å². The number of anilines is 1. The molecule has 0 amide bonds. The molecule has 1 heterocycles. The van der Waals surface area contributed by atoms with E-state index >= 15 is 0 Å². The first-order valence-electron chi connectivity index (χ1n) is 5.23. The van der Waals surface area contributed by atoms with Crippen LogP contribution in [0.1, 0.15) is 11.1 Å². The minimum absolute atomic E-state index is 0.458. The standard InChI is InChI=1S/C13H13BrN2O/c1-9-2-3-13(12(15)4-9)17-8-10-5-11(14)7-16-6-10/h2-7H,8,15H2,1H3. The summed E-state index contributed by atoms with van der Waals surface area (Å²) >= 11 is 3.37. The van der Waals surface area contributed by atoms with Gasteiger partial charge in [0.2, 0.25) is 0 Å². The normalized spacial score (nSPS) is 10.2. The fourth-order valence-corrected chi connectivity index (χ4v) is 1.91. The molecule has 0 bridgehead atoms. The van der Waals surface area contributed by atoms with Gasteiger partial charge >= 0.3 is 0 Å². The molecule has 0 saturated carbocycles. The summed E-state index contributed by atoms with van der Waals surface area (Å²) in [5.74, 6) is 0.704. The van der Waals surface area contributed by atoms with Gasteiger partial charge in [0, 0.05) is 22.4 Å². The average Bonchev–Trinajstić information content (AvgIpc) is 2.28. The number of nitrogens with two attached hydrogens (primary N) is 1. The Balaban J connectivity index is 2.07. The zero-order valence-corrected chi connectivity index (χ0v) is 11.1. The third-order valence-corrected chi connectivity index (χ3v) is 2.75. The van der Waals surface area contributed by atoms with E-state index in [1.54, 1.807) is 12.4 Å². The molecule has 88 valence electrons. The van der Waals surface area contributed by atoms with Gasteiger partial charge in [-0.2, -0.15) is 0 Å². The van der Waals surface area contributed by atoms with Gasteiger partial charge < -0.3 is 10.5 Å². The quantitative estimate of drug-likeness (QED) is 0.883. The van der Waals surface area contributed by atoms with Crippen LogP contribution in [0.5, 0.6) is 5.75 Å². The van der Waals surface area contributed by atoms with Gasteiger partial charge in [0.1, 0.15) is 12.4 Å². The van der Waals surface area contributed by atoms with Crippen molar-refractivity contribution in [3.8, 4) is 5.75 Å². The molecular weight excluding hydrogens is 280 g/mol. The lowest BCUT2D eigenvalue weighted by Crippen LogP contribution is -1.99. The monoisotopic (exact) mass is 292 g/mol. The van der Waals surface area contributed by atoms with E-state index in [4.69, 9.17) is 10.5 Å². The second-order valence-electron chi connectivity index (χ2n) is 3.84. The number of hydrogen-bond donors (Lipinski definition) is 1. The van der Waals surface area contributed by atoms with Gasteiger partial charge in [-0.1, -0.05) is 6.07 Å². The smallest absolute Gasteiger partial charge is 0.142 e. The van der Waals surface area contributed by atoms with Gasteiger partial charge in [0.05, 0.1) is 5.69 Å². The summed E-state index contributed by atoms with van der Waals surface area (Å²) in [6.07, 6.45) is 3.51. The number of rotatable bonds is 3. The second kappa shape index (κ2) is 5.19. The van der Waals surface area contributed by atoms with E-state index in [0.717, 1.165) is 15.6 Å². The van der Waals surface area contributed by atoms with Gasteiger partial charge in [-0.05, 0) is 46.6 Å². The van der Waals surface area contributed by atoms with Gasteiger partial charge in [-0.3, -0.25) is 4.98 Å². The van der Waals surface area contributed by atoms with Crippen molar-refractivity contribution in [3.05, 3.63) is 52.3 Å². The molecule has 0 spiro atoms. The van der Waals surface area contributed by atoms with Crippen LogP contribution in [0, 0.1) is 6.92 Å². The van der Waals surface area contributed by atoms with Crippen LogP contribution >= 0.6 is 15.9 Å². The first-order chi connectivity index (χ1) is 8.15. The Hall–Kier alpha value is -1.55. The Morgan fingerprint density at radius 3 is 2.82 bits per heavy atom. The highest BCUT2D eigenvalue weighted by atomic mass is 79.9. The molecule has 2 N–H and O–H groups in total. The highest BCUT2D eigenvalue weighted by Gasteiger charge is 2.01. The number of halogens is 1.